The van der Waals surface area contributed by atoms with Gasteiger partial charge in [-0.25, -0.2) is 10.3 Å². The van der Waals surface area contributed by atoms with Crippen molar-refractivity contribution in [2.24, 2.45) is 0 Å². The molecule has 1 aromatic carbocycles. The predicted octanol–water partition coefficient (Wildman–Crippen LogP) is 1.59. The fraction of sp³-hybridized carbons (Fsp3) is 0. The zero-order valence-corrected chi connectivity index (χ0v) is 6.73. The average molecular weight is 200 g/mol. The lowest BCUT2D eigenvalue weighted by atomic mass is 10.1. The molecule has 74 valence electrons. The number of aromatic carboxylic acids is 1. The maximum absolute atomic E-state index is 12.0. The molecule has 7 heteroatoms. The molecule has 0 unspecified atom stereocenters. The van der Waals surface area contributed by atoms with Gasteiger partial charge in [0, 0.05) is 12.1 Å². The van der Waals surface area contributed by atoms with Crippen molar-refractivity contribution in [1.29, 1.82) is 0 Å². The van der Waals surface area contributed by atoms with Gasteiger partial charge in [0.1, 0.15) is 0 Å². The van der Waals surface area contributed by atoms with Crippen molar-refractivity contribution in [3.8, 4) is 0 Å². The summed E-state index contributed by atoms with van der Waals surface area (Å²) in [5.74, 6) is -1.44. The Balaban J connectivity index is 3.27. The topological polar surface area (TPSA) is 92.5 Å². The molecule has 0 aliphatic rings. The van der Waals surface area contributed by atoms with Crippen molar-refractivity contribution in [2.45, 2.75) is 0 Å². The third-order valence-electron chi connectivity index (χ3n) is 1.55. The van der Waals surface area contributed by atoms with Crippen molar-refractivity contribution in [3.05, 3.63) is 33.9 Å². The predicted molar refractivity (Wildman–Crippen MR) is 44.8 cm³/mol. The van der Waals surface area contributed by atoms with E-state index in [1.165, 1.54) is 0 Å². The van der Waals surface area contributed by atoms with Gasteiger partial charge in [0.05, 0.1) is 16.2 Å². The molecule has 0 aliphatic heterocycles. The van der Waals surface area contributed by atoms with Crippen LogP contribution in [0.2, 0.25) is 0 Å². The van der Waals surface area contributed by atoms with Gasteiger partial charge in [0.25, 0.3) is 5.69 Å². The van der Waals surface area contributed by atoms with E-state index in [2.05, 4.69) is 0 Å². The second-order valence-electron chi connectivity index (χ2n) is 2.39. The molecule has 1 aromatic rings. The van der Waals surface area contributed by atoms with E-state index >= 15 is 0 Å². The number of hydrogen-bond acceptors (Lipinski definition) is 4. The first kappa shape index (κ1) is 9.90. The van der Waals surface area contributed by atoms with Gasteiger partial charge in [-0.3, -0.25) is 10.1 Å². The molecule has 14 heavy (non-hydrogen) atoms. The lowest BCUT2D eigenvalue weighted by Crippen LogP contribution is -2.02. The number of benzene rings is 1. The van der Waals surface area contributed by atoms with Crippen LogP contribution < -0.4 is 5.54 Å². The van der Waals surface area contributed by atoms with Crippen molar-refractivity contribution < 1.29 is 19.3 Å². The fourth-order valence-electron chi connectivity index (χ4n) is 0.905. The molecule has 2 N–H and O–H groups in total. The monoisotopic (exact) mass is 200 g/mol. The minimum Gasteiger partial charge on any atom is -0.478 e. The largest absolute Gasteiger partial charge is 0.478 e. The van der Waals surface area contributed by atoms with Gasteiger partial charge in [-0.15, -0.1) is 4.48 Å². The van der Waals surface area contributed by atoms with E-state index in [0.717, 1.165) is 23.7 Å². The van der Waals surface area contributed by atoms with Crippen LogP contribution in [0.25, 0.3) is 0 Å². The lowest BCUT2D eigenvalue weighted by molar-refractivity contribution is -0.384. The van der Waals surface area contributed by atoms with E-state index in [1.54, 1.807) is 0 Å². The smallest absolute Gasteiger partial charge is 0.338 e. The maximum atomic E-state index is 12.0. The summed E-state index contributed by atoms with van der Waals surface area (Å²) in [6, 6.07) is 2.78. The van der Waals surface area contributed by atoms with Gasteiger partial charge in [0.2, 0.25) is 0 Å². The first-order valence-corrected chi connectivity index (χ1v) is 3.44. The van der Waals surface area contributed by atoms with Crippen molar-refractivity contribution in [3.63, 3.8) is 0 Å². The molecule has 0 saturated carbocycles. The number of carboxylic acids is 1. The molecule has 0 aromatic heterocycles. The molecular weight excluding hydrogens is 195 g/mol. The highest BCUT2D eigenvalue weighted by Crippen LogP contribution is 2.22. The average Bonchev–Trinajstić information content (AvgIpc) is 2.16. The number of nitrogens with zero attached hydrogens (tertiary/aromatic N) is 1. The molecule has 0 aliphatic carbocycles. The summed E-state index contributed by atoms with van der Waals surface area (Å²) >= 11 is 0. The van der Waals surface area contributed by atoms with E-state index < -0.39 is 22.1 Å². The standard InChI is InChI=1S/C7H5FN2O4/c8-9-6-2-1-4(10(13)14)3-5(6)7(11)12/h1-3,9H,(H,11,12). The number of nitrogens with one attached hydrogen (secondary N) is 1. The summed E-state index contributed by atoms with van der Waals surface area (Å²) in [4.78, 5) is 20.0. The highest BCUT2D eigenvalue weighted by atomic mass is 19.2. The van der Waals surface area contributed by atoms with Gasteiger partial charge in [-0.1, -0.05) is 0 Å². The Labute approximate surface area is 77.1 Å². The highest BCUT2D eigenvalue weighted by molar-refractivity contribution is 5.94. The van der Waals surface area contributed by atoms with Crippen LogP contribution in [0.5, 0.6) is 0 Å². The summed E-state index contributed by atoms with van der Waals surface area (Å²) in [7, 11) is 0. The number of anilines is 1. The normalized spacial score (nSPS) is 9.50. The molecule has 0 spiro atoms. The number of non-ortho nitro benzene ring substituents is 1. The zero-order chi connectivity index (χ0) is 10.7. The number of nitro groups is 1. The Morgan fingerprint density at radius 1 is 1.57 bits per heavy atom. The summed E-state index contributed by atoms with van der Waals surface area (Å²) in [5, 5.41) is 18.8. The van der Waals surface area contributed by atoms with Crippen LogP contribution in [-0.2, 0) is 0 Å². The minimum atomic E-state index is -1.44. The maximum Gasteiger partial charge on any atom is 0.338 e. The Morgan fingerprint density at radius 2 is 2.21 bits per heavy atom. The van der Waals surface area contributed by atoms with E-state index in [9.17, 15) is 19.4 Å². The Bertz CT molecular complexity index is 393. The van der Waals surface area contributed by atoms with Gasteiger partial charge >= 0.3 is 5.97 Å². The van der Waals surface area contributed by atoms with E-state index in [0.29, 0.717) is 0 Å². The molecule has 0 bridgehead atoms. The van der Waals surface area contributed by atoms with Crippen LogP contribution >= 0.6 is 0 Å². The van der Waals surface area contributed by atoms with Crippen LogP contribution in [0, 0.1) is 10.1 Å². The molecular formula is C7H5FN2O4. The van der Waals surface area contributed by atoms with Gasteiger partial charge < -0.3 is 5.11 Å². The first-order chi connectivity index (χ1) is 6.56. The molecule has 0 fully saturated rings. The Hall–Kier alpha value is -2.18. The van der Waals surface area contributed by atoms with Crippen LogP contribution in [0.3, 0.4) is 0 Å². The van der Waals surface area contributed by atoms with E-state index in [1.807, 2.05) is 0 Å². The number of carbonyl (C=O) groups is 1. The SMILES string of the molecule is O=C(O)c1cc([N+](=O)[O-])ccc1NF. The molecule has 0 amide bonds. The summed E-state index contributed by atoms with van der Waals surface area (Å²) < 4.78 is 12.0. The number of rotatable bonds is 3. The van der Waals surface area contributed by atoms with Crippen molar-refractivity contribution >= 4 is 17.3 Å². The molecule has 1 rings (SSSR count). The summed E-state index contributed by atoms with van der Waals surface area (Å²) in [5.41, 5.74) is -0.0630. The van der Waals surface area contributed by atoms with Gasteiger partial charge in [0.15, 0.2) is 0 Å². The Morgan fingerprint density at radius 3 is 2.64 bits per heavy atom. The third-order valence-corrected chi connectivity index (χ3v) is 1.55. The number of nitro benzene ring substituents is 1. The first-order valence-electron chi connectivity index (χ1n) is 3.44. The van der Waals surface area contributed by atoms with Crippen molar-refractivity contribution in [1.82, 2.24) is 0 Å². The van der Waals surface area contributed by atoms with E-state index in [4.69, 9.17) is 5.11 Å². The molecule has 0 saturated heterocycles. The number of carboxylic acid groups (broad SMARTS) is 1. The molecule has 0 heterocycles. The van der Waals surface area contributed by atoms with Gasteiger partial charge in [-0.05, 0) is 6.07 Å². The highest BCUT2D eigenvalue weighted by Gasteiger charge is 2.15. The number of halogens is 1. The molecule has 0 atom stereocenters. The van der Waals surface area contributed by atoms with Crippen LogP contribution in [0.1, 0.15) is 10.4 Å². The van der Waals surface area contributed by atoms with Crippen LogP contribution in [0.4, 0.5) is 15.9 Å². The lowest BCUT2D eigenvalue weighted by Gasteiger charge is -2.01. The summed E-state index contributed by atoms with van der Waals surface area (Å²) in [6.07, 6.45) is 0. The number of hydrogen-bond donors (Lipinski definition) is 2. The molecule has 6 nitrogen and oxygen atoms in total. The second-order valence-corrected chi connectivity index (χ2v) is 2.39. The second kappa shape index (κ2) is 3.69. The van der Waals surface area contributed by atoms with Crippen LogP contribution in [0.15, 0.2) is 18.2 Å². The zero-order valence-electron chi connectivity index (χ0n) is 6.73. The van der Waals surface area contributed by atoms with Crippen molar-refractivity contribution in [2.75, 3.05) is 5.54 Å². The van der Waals surface area contributed by atoms with Crippen LogP contribution in [-0.4, -0.2) is 16.0 Å². The quantitative estimate of drug-likeness (QED) is 0.439. The van der Waals surface area contributed by atoms with E-state index in [-0.39, 0.29) is 5.69 Å². The fourth-order valence-corrected chi connectivity index (χ4v) is 0.905. The third kappa shape index (κ3) is 1.76. The summed E-state index contributed by atoms with van der Waals surface area (Å²) in [6.45, 7) is 0. The minimum absolute atomic E-state index is 0.317. The Kier molecular flexibility index (Phi) is 2.61. The van der Waals surface area contributed by atoms with Gasteiger partial charge in [-0.2, -0.15) is 0 Å². The molecule has 0 radical (unpaired) electrons.